The average molecular weight is 257 g/mol. The molecule has 0 saturated heterocycles. The zero-order valence-corrected chi connectivity index (χ0v) is 10.4. The summed E-state index contributed by atoms with van der Waals surface area (Å²) in [6.45, 7) is 1.93. The van der Waals surface area contributed by atoms with Gasteiger partial charge in [0.2, 0.25) is 0 Å². The zero-order valence-electron chi connectivity index (χ0n) is 10.4. The molecule has 1 aromatic rings. The Morgan fingerprint density at radius 2 is 1.94 bits per heavy atom. The van der Waals surface area contributed by atoms with Crippen LogP contribution in [0, 0.1) is 17.0 Å². The van der Waals surface area contributed by atoms with Gasteiger partial charge in [0.15, 0.2) is 0 Å². The lowest BCUT2D eigenvalue weighted by molar-refractivity contribution is 0.186. The molecular formula is C12H17F2N3O. The van der Waals surface area contributed by atoms with E-state index in [1.54, 1.807) is 6.92 Å². The first-order chi connectivity index (χ1) is 8.32. The Kier molecular flexibility index (Phi) is 4.61. The van der Waals surface area contributed by atoms with E-state index in [1.807, 2.05) is 0 Å². The second-order valence-electron chi connectivity index (χ2n) is 4.26. The minimum atomic E-state index is -0.770. The Labute approximate surface area is 105 Å². The molecule has 4 nitrogen and oxygen atoms in total. The van der Waals surface area contributed by atoms with E-state index < -0.39 is 17.7 Å². The van der Waals surface area contributed by atoms with E-state index in [9.17, 15) is 8.78 Å². The normalized spacial score (nSPS) is 12.3. The third-order valence-corrected chi connectivity index (χ3v) is 2.59. The Balaban J connectivity index is 2.99. The number of nitrogens with zero attached hydrogens (tertiary/aromatic N) is 1. The molecule has 0 fully saturated rings. The molecule has 0 aromatic heterocycles. The lowest BCUT2D eigenvalue weighted by Crippen LogP contribution is -2.24. The van der Waals surface area contributed by atoms with E-state index in [0.717, 1.165) is 12.1 Å². The van der Waals surface area contributed by atoms with E-state index >= 15 is 0 Å². The summed E-state index contributed by atoms with van der Waals surface area (Å²) in [7, 11) is 1.54. The summed E-state index contributed by atoms with van der Waals surface area (Å²) in [5.41, 5.74) is 5.01. The van der Waals surface area contributed by atoms with Gasteiger partial charge in [-0.25, -0.2) is 8.78 Å². The number of nitrogens with two attached hydrogens (primary N) is 1. The molecule has 0 aliphatic carbocycles. The second-order valence-corrected chi connectivity index (χ2v) is 4.26. The molecule has 100 valence electrons. The highest BCUT2D eigenvalue weighted by atomic mass is 19.1. The third kappa shape index (κ3) is 3.40. The van der Waals surface area contributed by atoms with Crippen molar-refractivity contribution in [1.82, 2.24) is 0 Å². The molecule has 0 saturated carbocycles. The molecule has 18 heavy (non-hydrogen) atoms. The van der Waals surface area contributed by atoms with Crippen LogP contribution in [0.3, 0.4) is 0 Å². The molecular weight excluding hydrogens is 240 g/mol. The van der Waals surface area contributed by atoms with Crippen molar-refractivity contribution in [3.8, 4) is 0 Å². The standard InChI is InChI=1S/C12H17F2N3O/c1-7(18)3-4-17(2)11-9(13)5-8(12(15)16)6-10(11)14/h5-7,18H,3-4H2,1-2H3,(H3,15,16). The summed E-state index contributed by atoms with van der Waals surface area (Å²) in [5.74, 6) is -1.92. The molecule has 0 aliphatic rings. The minimum Gasteiger partial charge on any atom is -0.393 e. The summed E-state index contributed by atoms with van der Waals surface area (Å²) < 4.78 is 27.5. The van der Waals surface area contributed by atoms with Crippen molar-refractivity contribution in [3.05, 3.63) is 29.3 Å². The van der Waals surface area contributed by atoms with Gasteiger partial charge >= 0.3 is 0 Å². The van der Waals surface area contributed by atoms with Gasteiger partial charge in [0.1, 0.15) is 23.2 Å². The summed E-state index contributed by atoms with van der Waals surface area (Å²) in [4.78, 5) is 1.39. The molecule has 0 radical (unpaired) electrons. The minimum absolute atomic E-state index is 0.0117. The van der Waals surface area contributed by atoms with Crippen molar-refractivity contribution < 1.29 is 13.9 Å². The molecule has 0 aliphatic heterocycles. The topological polar surface area (TPSA) is 73.3 Å². The van der Waals surface area contributed by atoms with Crippen LogP contribution in [0.2, 0.25) is 0 Å². The number of nitrogen functional groups attached to an aromatic ring is 1. The molecule has 0 bridgehead atoms. The Hall–Kier alpha value is -1.69. The molecule has 1 unspecified atom stereocenters. The highest BCUT2D eigenvalue weighted by molar-refractivity contribution is 5.95. The van der Waals surface area contributed by atoms with Gasteiger partial charge in [-0.15, -0.1) is 0 Å². The number of amidine groups is 1. The maximum atomic E-state index is 13.7. The van der Waals surface area contributed by atoms with Gasteiger partial charge in [-0.3, -0.25) is 5.41 Å². The van der Waals surface area contributed by atoms with Crippen LogP contribution >= 0.6 is 0 Å². The lowest BCUT2D eigenvalue weighted by Gasteiger charge is -2.21. The van der Waals surface area contributed by atoms with Crippen LogP contribution in [-0.4, -0.2) is 30.6 Å². The van der Waals surface area contributed by atoms with Crippen LogP contribution in [0.5, 0.6) is 0 Å². The van der Waals surface area contributed by atoms with Gasteiger partial charge in [0.05, 0.1) is 6.10 Å². The summed E-state index contributed by atoms with van der Waals surface area (Å²) in [6, 6.07) is 2.05. The number of aliphatic hydroxyl groups excluding tert-OH is 1. The molecule has 1 aromatic carbocycles. The van der Waals surface area contributed by atoms with Crippen molar-refractivity contribution in [2.45, 2.75) is 19.4 Å². The summed E-state index contributed by atoms with van der Waals surface area (Å²) in [6.07, 6.45) is -0.126. The predicted molar refractivity (Wildman–Crippen MR) is 66.9 cm³/mol. The van der Waals surface area contributed by atoms with Crippen molar-refractivity contribution in [3.63, 3.8) is 0 Å². The number of hydrogen-bond acceptors (Lipinski definition) is 3. The third-order valence-electron chi connectivity index (χ3n) is 2.59. The van der Waals surface area contributed by atoms with Crippen molar-refractivity contribution in [2.75, 3.05) is 18.5 Å². The summed E-state index contributed by atoms with van der Waals surface area (Å²) in [5, 5.41) is 16.3. The average Bonchev–Trinajstić information content (AvgIpc) is 2.25. The number of anilines is 1. The van der Waals surface area contributed by atoms with Crippen LogP contribution in [0.15, 0.2) is 12.1 Å². The first-order valence-corrected chi connectivity index (χ1v) is 5.55. The zero-order chi connectivity index (χ0) is 13.9. The highest BCUT2D eigenvalue weighted by Gasteiger charge is 2.16. The largest absolute Gasteiger partial charge is 0.393 e. The Morgan fingerprint density at radius 3 is 2.33 bits per heavy atom. The molecule has 0 heterocycles. The first-order valence-electron chi connectivity index (χ1n) is 5.55. The molecule has 1 rings (SSSR count). The van der Waals surface area contributed by atoms with E-state index in [2.05, 4.69) is 0 Å². The lowest BCUT2D eigenvalue weighted by atomic mass is 10.1. The fourth-order valence-corrected chi connectivity index (χ4v) is 1.58. The van der Waals surface area contributed by atoms with Crippen LogP contribution < -0.4 is 10.6 Å². The van der Waals surface area contributed by atoms with Crippen LogP contribution in [0.1, 0.15) is 18.9 Å². The number of hydrogen-bond donors (Lipinski definition) is 3. The van der Waals surface area contributed by atoms with Gasteiger partial charge < -0.3 is 15.7 Å². The number of nitrogens with one attached hydrogen (secondary N) is 1. The van der Waals surface area contributed by atoms with Crippen molar-refractivity contribution >= 4 is 11.5 Å². The van der Waals surface area contributed by atoms with E-state index in [1.165, 1.54) is 11.9 Å². The van der Waals surface area contributed by atoms with E-state index in [0.29, 0.717) is 13.0 Å². The van der Waals surface area contributed by atoms with Gasteiger partial charge in [-0.05, 0) is 25.5 Å². The fraction of sp³-hybridized carbons (Fsp3) is 0.417. The van der Waals surface area contributed by atoms with Gasteiger partial charge in [-0.1, -0.05) is 0 Å². The van der Waals surface area contributed by atoms with Crippen LogP contribution in [0.4, 0.5) is 14.5 Å². The Bertz CT molecular complexity index is 426. The number of rotatable bonds is 5. The van der Waals surface area contributed by atoms with Gasteiger partial charge in [0, 0.05) is 19.2 Å². The van der Waals surface area contributed by atoms with E-state index in [-0.39, 0.29) is 17.1 Å². The number of aliphatic hydroxyl groups is 1. The SMILES string of the molecule is CC(O)CCN(C)c1c(F)cc(C(=N)N)cc1F. The fourth-order valence-electron chi connectivity index (χ4n) is 1.58. The van der Waals surface area contributed by atoms with Crippen LogP contribution in [-0.2, 0) is 0 Å². The highest BCUT2D eigenvalue weighted by Crippen LogP contribution is 2.24. The summed E-state index contributed by atoms with van der Waals surface area (Å²) >= 11 is 0. The monoisotopic (exact) mass is 257 g/mol. The van der Waals surface area contributed by atoms with Gasteiger partial charge in [-0.2, -0.15) is 0 Å². The second kappa shape index (κ2) is 5.77. The van der Waals surface area contributed by atoms with Crippen molar-refractivity contribution in [2.24, 2.45) is 5.73 Å². The molecule has 4 N–H and O–H groups in total. The molecule has 1 atom stereocenters. The maximum absolute atomic E-state index is 13.7. The van der Waals surface area contributed by atoms with Crippen molar-refractivity contribution in [1.29, 1.82) is 5.41 Å². The molecule has 6 heteroatoms. The van der Waals surface area contributed by atoms with Gasteiger partial charge in [0.25, 0.3) is 0 Å². The maximum Gasteiger partial charge on any atom is 0.150 e. The number of benzene rings is 1. The van der Waals surface area contributed by atoms with Crippen LogP contribution in [0.25, 0.3) is 0 Å². The molecule has 0 spiro atoms. The smallest absolute Gasteiger partial charge is 0.150 e. The van der Waals surface area contributed by atoms with E-state index in [4.69, 9.17) is 16.2 Å². The Morgan fingerprint density at radius 1 is 1.44 bits per heavy atom. The predicted octanol–water partition coefficient (Wildman–Crippen LogP) is 1.46. The molecule has 0 amide bonds. The number of halogens is 2. The quantitative estimate of drug-likeness (QED) is 0.552. The first kappa shape index (κ1) is 14.4.